The van der Waals surface area contributed by atoms with Crippen LogP contribution in [0, 0.1) is 0 Å². The van der Waals surface area contributed by atoms with Crippen molar-refractivity contribution in [1.29, 1.82) is 0 Å². The molecule has 3 rings (SSSR count). The monoisotopic (exact) mass is 554 g/mol. The molecule has 0 aliphatic rings. The number of aliphatic carboxylic acids is 1. The highest BCUT2D eigenvalue weighted by Crippen LogP contribution is 2.29. The van der Waals surface area contributed by atoms with Crippen LogP contribution in [0.2, 0.25) is 0 Å². The Labute approximate surface area is 229 Å². The zero-order chi connectivity index (χ0) is 29.3. The van der Waals surface area contributed by atoms with Crippen molar-refractivity contribution < 1.29 is 37.4 Å². The summed E-state index contributed by atoms with van der Waals surface area (Å²) < 4.78 is 44.2. The minimum atomic E-state index is -4.57. The second kappa shape index (κ2) is 13.6. The predicted molar refractivity (Wildman–Crippen MR) is 143 cm³/mol. The lowest BCUT2D eigenvalue weighted by atomic mass is 10.0. The fraction of sp³-hybridized carbons (Fsp3) is 0.233. The van der Waals surface area contributed by atoms with Gasteiger partial charge >= 0.3 is 12.1 Å². The number of carboxylic acids is 1. The summed E-state index contributed by atoms with van der Waals surface area (Å²) in [5.41, 5.74) is 1.04. The maximum absolute atomic E-state index is 13.2. The molecule has 7 nitrogen and oxygen atoms in total. The molecular formula is C30H29F3N2O5. The smallest absolute Gasteiger partial charge is 0.416 e. The molecule has 1 atom stereocenters. The number of carbonyl (C=O) groups is 3. The van der Waals surface area contributed by atoms with Gasteiger partial charge in [-0.2, -0.15) is 13.2 Å². The lowest BCUT2D eigenvalue weighted by Gasteiger charge is -2.17. The molecule has 0 saturated heterocycles. The van der Waals surface area contributed by atoms with Crippen LogP contribution in [0.3, 0.4) is 0 Å². The molecular weight excluding hydrogens is 525 g/mol. The first-order chi connectivity index (χ1) is 18.9. The SMILES string of the molecule is CC(C)c1ccc(C=C(NC(=O)c2ccc(C(F)(F)F)cc2)C(=O)N[C@@H](COCc2ccccc2)C(=O)O)cc1. The van der Waals surface area contributed by atoms with Gasteiger partial charge in [-0.05, 0) is 52.9 Å². The van der Waals surface area contributed by atoms with E-state index in [1.807, 2.05) is 32.0 Å². The summed E-state index contributed by atoms with van der Waals surface area (Å²) in [6.45, 7) is 3.80. The molecule has 0 aliphatic carbocycles. The van der Waals surface area contributed by atoms with Crippen LogP contribution >= 0.6 is 0 Å². The molecule has 10 heteroatoms. The van der Waals surface area contributed by atoms with Gasteiger partial charge in [-0.3, -0.25) is 9.59 Å². The van der Waals surface area contributed by atoms with Crippen molar-refractivity contribution in [2.45, 2.75) is 38.6 Å². The fourth-order valence-corrected chi connectivity index (χ4v) is 3.59. The Morgan fingerprint density at radius 2 is 1.55 bits per heavy atom. The van der Waals surface area contributed by atoms with E-state index in [0.717, 1.165) is 35.4 Å². The van der Waals surface area contributed by atoms with Crippen LogP contribution in [0.1, 0.15) is 52.4 Å². The third-order valence-corrected chi connectivity index (χ3v) is 5.88. The molecule has 0 aromatic heterocycles. The molecule has 0 heterocycles. The molecule has 0 radical (unpaired) electrons. The molecule has 210 valence electrons. The first-order valence-corrected chi connectivity index (χ1v) is 12.4. The van der Waals surface area contributed by atoms with Gasteiger partial charge in [0.1, 0.15) is 5.70 Å². The second-order valence-electron chi connectivity index (χ2n) is 9.27. The van der Waals surface area contributed by atoms with E-state index in [4.69, 9.17) is 4.74 Å². The van der Waals surface area contributed by atoms with Crippen LogP contribution in [0.15, 0.2) is 84.6 Å². The van der Waals surface area contributed by atoms with Crippen molar-refractivity contribution in [3.63, 3.8) is 0 Å². The van der Waals surface area contributed by atoms with Crippen molar-refractivity contribution in [2.75, 3.05) is 6.61 Å². The van der Waals surface area contributed by atoms with Gasteiger partial charge in [-0.25, -0.2) is 4.79 Å². The van der Waals surface area contributed by atoms with E-state index in [2.05, 4.69) is 10.6 Å². The highest BCUT2D eigenvalue weighted by Gasteiger charge is 2.30. The fourth-order valence-electron chi connectivity index (χ4n) is 3.59. The summed E-state index contributed by atoms with van der Waals surface area (Å²) in [5, 5.41) is 14.4. The summed E-state index contributed by atoms with van der Waals surface area (Å²) in [6, 6.07) is 18.2. The lowest BCUT2D eigenvalue weighted by Crippen LogP contribution is -2.46. The van der Waals surface area contributed by atoms with Crippen molar-refractivity contribution in [2.24, 2.45) is 0 Å². The van der Waals surface area contributed by atoms with Crippen molar-refractivity contribution >= 4 is 23.9 Å². The van der Waals surface area contributed by atoms with E-state index in [0.29, 0.717) is 5.56 Å². The maximum atomic E-state index is 13.2. The van der Waals surface area contributed by atoms with Crippen LogP contribution in [0.25, 0.3) is 6.08 Å². The number of nitrogens with one attached hydrogen (secondary N) is 2. The number of ether oxygens (including phenoxy) is 1. The zero-order valence-electron chi connectivity index (χ0n) is 21.9. The Hall–Kier alpha value is -4.44. The van der Waals surface area contributed by atoms with Gasteiger partial charge in [0.25, 0.3) is 11.8 Å². The van der Waals surface area contributed by atoms with E-state index >= 15 is 0 Å². The Balaban J connectivity index is 1.80. The molecule has 0 aliphatic heterocycles. The van der Waals surface area contributed by atoms with Gasteiger partial charge in [-0.15, -0.1) is 0 Å². The van der Waals surface area contributed by atoms with Crippen LogP contribution < -0.4 is 10.6 Å². The Morgan fingerprint density at radius 1 is 0.925 bits per heavy atom. The van der Waals surface area contributed by atoms with Crippen LogP contribution in [0.5, 0.6) is 0 Å². The third kappa shape index (κ3) is 8.81. The lowest BCUT2D eigenvalue weighted by molar-refractivity contribution is -0.143. The number of hydrogen-bond acceptors (Lipinski definition) is 4. The number of hydrogen-bond donors (Lipinski definition) is 3. The molecule has 3 aromatic rings. The number of carbonyl (C=O) groups excluding carboxylic acids is 2. The molecule has 0 fully saturated rings. The molecule has 2 amide bonds. The minimum absolute atomic E-state index is 0.121. The molecule has 3 N–H and O–H groups in total. The Morgan fingerprint density at radius 3 is 2.10 bits per heavy atom. The van der Waals surface area contributed by atoms with Crippen LogP contribution in [-0.4, -0.2) is 35.5 Å². The largest absolute Gasteiger partial charge is 0.480 e. The third-order valence-electron chi connectivity index (χ3n) is 5.88. The summed E-state index contributed by atoms with van der Waals surface area (Å²) in [7, 11) is 0. The molecule has 3 aromatic carbocycles. The average Bonchev–Trinajstić information content (AvgIpc) is 2.92. The predicted octanol–water partition coefficient (Wildman–Crippen LogP) is 5.39. The minimum Gasteiger partial charge on any atom is -0.480 e. The van der Waals surface area contributed by atoms with E-state index in [-0.39, 0.29) is 30.4 Å². The van der Waals surface area contributed by atoms with Crippen molar-refractivity contribution in [1.82, 2.24) is 10.6 Å². The highest BCUT2D eigenvalue weighted by atomic mass is 19.4. The van der Waals surface area contributed by atoms with Gasteiger partial charge in [-0.1, -0.05) is 68.4 Å². The molecule has 0 spiro atoms. The van der Waals surface area contributed by atoms with E-state index in [1.54, 1.807) is 36.4 Å². The summed E-state index contributed by atoms with van der Waals surface area (Å²) in [6.07, 6.45) is -3.22. The average molecular weight is 555 g/mol. The number of carboxylic acid groups (broad SMARTS) is 1. The summed E-state index contributed by atoms with van der Waals surface area (Å²) >= 11 is 0. The molecule has 0 bridgehead atoms. The number of amides is 2. The van der Waals surface area contributed by atoms with Crippen LogP contribution in [-0.2, 0) is 27.1 Å². The van der Waals surface area contributed by atoms with Gasteiger partial charge in [0.05, 0.1) is 18.8 Å². The Kier molecular flexibility index (Phi) is 10.2. The van der Waals surface area contributed by atoms with Gasteiger partial charge in [0, 0.05) is 5.56 Å². The van der Waals surface area contributed by atoms with E-state index < -0.39 is 35.6 Å². The van der Waals surface area contributed by atoms with Crippen LogP contribution in [0.4, 0.5) is 13.2 Å². The van der Waals surface area contributed by atoms with Gasteiger partial charge < -0.3 is 20.5 Å². The normalized spacial score (nSPS) is 12.6. The standard InChI is InChI=1S/C30H29F3N2O5/c1-19(2)22-10-8-20(9-11-22)16-25(34-27(36)23-12-14-24(15-13-23)30(31,32)33)28(37)35-26(29(38)39)18-40-17-21-6-4-3-5-7-21/h3-16,19,26H,17-18H2,1-2H3,(H,34,36)(H,35,37)(H,38,39)/t26-/m0/s1. The Bertz CT molecular complexity index is 1340. The topological polar surface area (TPSA) is 105 Å². The first kappa shape index (κ1) is 30.1. The number of benzene rings is 3. The molecule has 0 saturated carbocycles. The zero-order valence-corrected chi connectivity index (χ0v) is 21.9. The maximum Gasteiger partial charge on any atom is 0.416 e. The molecule has 40 heavy (non-hydrogen) atoms. The second-order valence-corrected chi connectivity index (χ2v) is 9.27. The molecule has 0 unspecified atom stereocenters. The van der Waals surface area contributed by atoms with Gasteiger partial charge in [0.15, 0.2) is 6.04 Å². The highest BCUT2D eigenvalue weighted by molar-refractivity contribution is 6.06. The summed E-state index contributed by atoms with van der Waals surface area (Å²) in [4.78, 5) is 37.8. The van der Waals surface area contributed by atoms with E-state index in [9.17, 15) is 32.7 Å². The quantitative estimate of drug-likeness (QED) is 0.276. The number of rotatable bonds is 11. The van der Waals surface area contributed by atoms with Crippen molar-refractivity contribution in [3.8, 4) is 0 Å². The number of alkyl halides is 3. The van der Waals surface area contributed by atoms with Gasteiger partial charge in [0.2, 0.25) is 0 Å². The number of halogens is 3. The van der Waals surface area contributed by atoms with E-state index in [1.165, 1.54) is 6.08 Å². The summed E-state index contributed by atoms with van der Waals surface area (Å²) in [5.74, 6) is -2.85. The first-order valence-electron chi connectivity index (χ1n) is 12.4. The van der Waals surface area contributed by atoms with Crippen molar-refractivity contribution in [3.05, 3.63) is 112 Å².